The van der Waals surface area contributed by atoms with Crippen LogP contribution >= 0.6 is 0 Å². The first kappa shape index (κ1) is 15.8. The molecule has 1 saturated heterocycles. The monoisotopic (exact) mass is 289 g/mol. The summed E-state index contributed by atoms with van der Waals surface area (Å²) in [6.45, 7) is 8.00. The molecule has 1 aromatic carbocycles. The van der Waals surface area contributed by atoms with E-state index in [9.17, 15) is 4.79 Å². The van der Waals surface area contributed by atoms with Crippen LogP contribution in [0.5, 0.6) is 0 Å². The van der Waals surface area contributed by atoms with Gasteiger partial charge < -0.3 is 15.5 Å². The van der Waals surface area contributed by atoms with Gasteiger partial charge >= 0.3 is 0 Å². The van der Waals surface area contributed by atoms with Gasteiger partial charge in [-0.25, -0.2) is 0 Å². The molecule has 0 saturated carbocycles. The molecule has 0 aliphatic carbocycles. The van der Waals surface area contributed by atoms with Crippen molar-refractivity contribution < 1.29 is 4.79 Å². The summed E-state index contributed by atoms with van der Waals surface area (Å²) < 4.78 is 0. The average Bonchev–Trinajstić information content (AvgIpc) is 2.91. The lowest BCUT2D eigenvalue weighted by Gasteiger charge is -2.31. The topological polar surface area (TPSA) is 44.4 Å². The summed E-state index contributed by atoms with van der Waals surface area (Å²) in [6.07, 6.45) is 0.908. The van der Waals surface area contributed by atoms with Gasteiger partial charge in [-0.15, -0.1) is 0 Å². The van der Waals surface area contributed by atoms with E-state index in [0.29, 0.717) is 5.92 Å². The second kappa shape index (κ2) is 6.06. The molecule has 1 aliphatic rings. The van der Waals surface area contributed by atoms with Crippen molar-refractivity contribution in [1.29, 1.82) is 0 Å². The van der Waals surface area contributed by atoms with Gasteiger partial charge in [-0.05, 0) is 49.6 Å². The summed E-state index contributed by atoms with van der Waals surface area (Å²) >= 11 is 0. The first-order chi connectivity index (χ1) is 9.86. The highest BCUT2D eigenvalue weighted by molar-refractivity contribution is 5.96. The molecule has 4 nitrogen and oxygen atoms in total. The van der Waals surface area contributed by atoms with Crippen LogP contribution in [0, 0.1) is 18.3 Å². The van der Waals surface area contributed by atoms with Crippen LogP contribution in [0.4, 0.5) is 11.4 Å². The van der Waals surface area contributed by atoms with E-state index < -0.39 is 0 Å². The summed E-state index contributed by atoms with van der Waals surface area (Å²) in [5, 5.41) is 6.48. The van der Waals surface area contributed by atoms with Crippen LogP contribution < -0.4 is 15.5 Å². The molecule has 1 unspecified atom stereocenters. The molecule has 1 heterocycles. The molecule has 1 amide bonds. The summed E-state index contributed by atoms with van der Waals surface area (Å²) in [5.74, 6) is 0.469. The Morgan fingerprint density at radius 2 is 2.10 bits per heavy atom. The summed E-state index contributed by atoms with van der Waals surface area (Å²) in [4.78, 5) is 14.9. The van der Waals surface area contributed by atoms with Crippen LogP contribution in [0.2, 0.25) is 0 Å². The van der Waals surface area contributed by atoms with E-state index in [4.69, 9.17) is 0 Å². The van der Waals surface area contributed by atoms with Crippen molar-refractivity contribution in [3.8, 4) is 0 Å². The zero-order chi connectivity index (χ0) is 15.6. The van der Waals surface area contributed by atoms with Gasteiger partial charge in [-0.3, -0.25) is 4.79 Å². The molecular weight excluding hydrogens is 262 g/mol. The Bertz CT molecular complexity index is 517. The van der Waals surface area contributed by atoms with Crippen LogP contribution in [-0.4, -0.2) is 33.1 Å². The van der Waals surface area contributed by atoms with Gasteiger partial charge in [0, 0.05) is 32.0 Å². The normalized spacial score (nSPS) is 21.6. The highest BCUT2D eigenvalue weighted by atomic mass is 16.2. The zero-order valence-electron chi connectivity index (χ0n) is 13.8. The van der Waals surface area contributed by atoms with Gasteiger partial charge in [-0.1, -0.05) is 13.8 Å². The lowest BCUT2D eigenvalue weighted by Crippen LogP contribution is -2.42. The third-order valence-corrected chi connectivity index (χ3v) is 4.72. The number of hydrogen-bond acceptors (Lipinski definition) is 3. The van der Waals surface area contributed by atoms with Crippen LogP contribution in [-0.2, 0) is 4.79 Å². The Labute approximate surface area is 127 Å². The molecule has 0 radical (unpaired) electrons. The molecule has 1 aromatic rings. The minimum Gasteiger partial charge on any atom is -0.378 e. The molecule has 0 aromatic heterocycles. The number of carbonyl (C=O) groups excluding carboxylic acids is 1. The first-order valence-electron chi connectivity index (χ1n) is 7.67. The quantitative estimate of drug-likeness (QED) is 0.895. The van der Waals surface area contributed by atoms with Gasteiger partial charge in [0.15, 0.2) is 0 Å². The van der Waals surface area contributed by atoms with E-state index in [-0.39, 0.29) is 11.3 Å². The van der Waals surface area contributed by atoms with Crippen molar-refractivity contribution in [3.05, 3.63) is 23.8 Å². The predicted octanol–water partition coefficient (Wildman–Crippen LogP) is 2.64. The SMILES string of the molecule is Cc1cc(N(C)C)ccc1NC(=O)C1(C(C)C)CCNC1. The molecule has 1 fully saturated rings. The van der Waals surface area contributed by atoms with E-state index in [2.05, 4.69) is 35.4 Å². The minimum atomic E-state index is -0.285. The molecule has 4 heteroatoms. The van der Waals surface area contributed by atoms with Crippen molar-refractivity contribution >= 4 is 17.3 Å². The zero-order valence-corrected chi connectivity index (χ0v) is 13.8. The molecule has 116 valence electrons. The standard InChI is InChI=1S/C17H27N3O/c1-12(2)17(8-9-18-11-17)16(21)19-15-7-6-14(20(4)5)10-13(15)3/h6-7,10,12,18H,8-9,11H2,1-5H3,(H,19,21). The Balaban J connectivity index is 2.19. The van der Waals surface area contributed by atoms with Crippen molar-refractivity contribution in [2.75, 3.05) is 37.4 Å². The number of carbonyl (C=O) groups is 1. The van der Waals surface area contributed by atoms with Crippen molar-refractivity contribution in [2.45, 2.75) is 27.2 Å². The number of hydrogen-bond donors (Lipinski definition) is 2. The Hall–Kier alpha value is -1.55. The molecule has 0 bridgehead atoms. The molecule has 0 spiro atoms. The van der Waals surface area contributed by atoms with Gasteiger partial charge in [0.25, 0.3) is 0 Å². The maximum atomic E-state index is 12.8. The fourth-order valence-corrected chi connectivity index (χ4v) is 2.97. The predicted molar refractivity (Wildman–Crippen MR) is 88.9 cm³/mol. The third-order valence-electron chi connectivity index (χ3n) is 4.72. The average molecular weight is 289 g/mol. The number of rotatable bonds is 4. The second-order valence-electron chi connectivity index (χ2n) is 6.59. The number of nitrogens with zero attached hydrogens (tertiary/aromatic N) is 1. The molecule has 2 N–H and O–H groups in total. The Morgan fingerprint density at radius 1 is 1.38 bits per heavy atom. The number of nitrogens with one attached hydrogen (secondary N) is 2. The number of amides is 1. The summed E-state index contributed by atoms with van der Waals surface area (Å²) in [7, 11) is 4.04. The van der Waals surface area contributed by atoms with Crippen molar-refractivity contribution in [2.24, 2.45) is 11.3 Å². The fourth-order valence-electron chi connectivity index (χ4n) is 2.97. The van der Waals surface area contributed by atoms with Crippen LogP contribution in [0.3, 0.4) is 0 Å². The molecule has 2 rings (SSSR count). The van der Waals surface area contributed by atoms with E-state index in [1.165, 1.54) is 0 Å². The summed E-state index contributed by atoms with van der Waals surface area (Å²) in [6, 6.07) is 6.14. The third kappa shape index (κ3) is 3.05. The highest BCUT2D eigenvalue weighted by Crippen LogP contribution is 2.36. The second-order valence-corrected chi connectivity index (χ2v) is 6.59. The smallest absolute Gasteiger partial charge is 0.232 e. The number of benzene rings is 1. The van der Waals surface area contributed by atoms with E-state index in [0.717, 1.165) is 36.4 Å². The molecular formula is C17H27N3O. The number of anilines is 2. The maximum absolute atomic E-state index is 12.8. The number of aryl methyl sites for hydroxylation is 1. The Kier molecular flexibility index (Phi) is 4.57. The highest BCUT2D eigenvalue weighted by Gasteiger charge is 2.43. The first-order valence-corrected chi connectivity index (χ1v) is 7.67. The van der Waals surface area contributed by atoms with E-state index in [1.54, 1.807) is 0 Å². The van der Waals surface area contributed by atoms with E-state index in [1.807, 2.05) is 33.2 Å². The fraction of sp³-hybridized carbons (Fsp3) is 0.588. The molecule has 1 atom stereocenters. The van der Waals surface area contributed by atoms with E-state index >= 15 is 0 Å². The van der Waals surface area contributed by atoms with Crippen LogP contribution in [0.1, 0.15) is 25.8 Å². The van der Waals surface area contributed by atoms with Gasteiger partial charge in [0.05, 0.1) is 5.41 Å². The van der Waals surface area contributed by atoms with Crippen LogP contribution in [0.25, 0.3) is 0 Å². The molecule has 1 aliphatic heterocycles. The van der Waals surface area contributed by atoms with Crippen molar-refractivity contribution in [3.63, 3.8) is 0 Å². The maximum Gasteiger partial charge on any atom is 0.232 e. The largest absolute Gasteiger partial charge is 0.378 e. The lowest BCUT2D eigenvalue weighted by atomic mass is 9.75. The van der Waals surface area contributed by atoms with Crippen molar-refractivity contribution in [1.82, 2.24) is 5.32 Å². The van der Waals surface area contributed by atoms with Gasteiger partial charge in [-0.2, -0.15) is 0 Å². The van der Waals surface area contributed by atoms with Gasteiger partial charge in [0.2, 0.25) is 5.91 Å². The van der Waals surface area contributed by atoms with Gasteiger partial charge in [0.1, 0.15) is 0 Å². The Morgan fingerprint density at radius 3 is 2.57 bits per heavy atom. The minimum absolute atomic E-state index is 0.142. The van der Waals surface area contributed by atoms with Crippen LogP contribution in [0.15, 0.2) is 18.2 Å². The summed E-state index contributed by atoms with van der Waals surface area (Å²) in [5.41, 5.74) is 2.87. The lowest BCUT2D eigenvalue weighted by molar-refractivity contribution is -0.126. The molecule has 21 heavy (non-hydrogen) atoms.